The molecule has 1 heterocycles. The van der Waals surface area contributed by atoms with E-state index in [1.807, 2.05) is 47.0 Å². The Bertz CT molecular complexity index is 1570. The van der Waals surface area contributed by atoms with Crippen LogP contribution in [0.2, 0.25) is 0 Å². The zero-order valence-corrected chi connectivity index (χ0v) is 27.6. The minimum Gasteiger partial charge on any atom is -0.507 e. The Hall–Kier alpha value is -3.91. The Labute approximate surface area is 259 Å². The lowest BCUT2D eigenvalue weighted by molar-refractivity contribution is -0.625. The van der Waals surface area contributed by atoms with Gasteiger partial charge >= 0.3 is 5.16 Å². The summed E-state index contributed by atoms with van der Waals surface area (Å²) in [7, 11) is 0. The molecule has 0 spiro atoms. The summed E-state index contributed by atoms with van der Waals surface area (Å²) in [6.45, 7) is 19.0. The molecule has 0 unspecified atom stereocenters. The lowest BCUT2D eigenvalue weighted by Crippen LogP contribution is -2.34. The van der Waals surface area contributed by atoms with E-state index in [-0.39, 0.29) is 27.9 Å². The molecule has 0 atom stereocenters. The first kappa shape index (κ1) is 32.0. The van der Waals surface area contributed by atoms with Crippen LogP contribution >= 0.6 is 11.8 Å². The predicted molar refractivity (Wildman–Crippen MR) is 176 cm³/mol. The van der Waals surface area contributed by atoms with Crippen LogP contribution in [0.25, 0.3) is 17.1 Å². The van der Waals surface area contributed by atoms with Crippen LogP contribution in [0, 0.1) is 0 Å². The first-order valence-electron chi connectivity index (χ1n) is 14.5. The summed E-state index contributed by atoms with van der Waals surface area (Å²) >= 11 is 1.33. The average molecular weight is 599 g/mol. The van der Waals surface area contributed by atoms with Crippen molar-refractivity contribution >= 4 is 23.9 Å². The second kappa shape index (κ2) is 12.4. The largest absolute Gasteiger partial charge is 0.507 e. The van der Waals surface area contributed by atoms with Crippen molar-refractivity contribution in [2.45, 2.75) is 83.7 Å². The Balaban J connectivity index is 1.53. The van der Waals surface area contributed by atoms with Gasteiger partial charge < -0.3 is 5.11 Å². The maximum absolute atomic E-state index is 12.8. The summed E-state index contributed by atoms with van der Waals surface area (Å²) in [4.78, 5) is 12.8. The second-order valence-electron chi connectivity index (χ2n) is 13.9. The maximum Gasteiger partial charge on any atom is 0.342 e. The second-order valence-corrected chi connectivity index (χ2v) is 14.8. The van der Waals surface area contributed by atoms with Gasteiger partial charge in [0.05, 0.1) is 22.6 Å². The van der Waals surface area contributed by atoms with E-state index in [2.05, 4.69) is 107 Å². The number of aromatic nitrogens is 3. The Morgan fingerprint density at radius 2 is 1.49 bits per heavy atom. The fraction of sp³-hybridized carbons (Fsp3) is 0.371. The molecule has 3 aromatic carbocycles. The molecule has 0 saturated carbocycles. The number of hydrogen-bond donors (Lipinski definition) is 3. The number of phenols is 1. The first-order valence-corrected chi connectivity index (χ1v) is 15.5. The number of phenolic OH excluding ortho intramolecular Hbond substituents is 1. The zero-order valence-electron chi connectivity index (χ0n) is 26.7. The van der Waals surface area contributed by atoms with Crippen LogP contribution in [0.15, 0.2) is 77.0 Å². The summed E-state index contributed by atoms with van der Waals surface area (Å²) in [6, 6.07) is 22.3. The normalized spacial score (nSPS) is 12.6. The molecular formula is C35H44N5O2S+. The third kappa shape index (κ3) is 7.73. The third-order valence-corrected chi connectivity index (χ3v) is 8.13. The number of benzene rings is 3. The first-order chi connectivity index (χ1) is 20.1. The molecule has 43 heavy (non-hydrogen) atoms. The Kier molecular flexibility index (Phi) is 9.21. The number of thioether (sulfide) groups is 1. The van der Waals surface area contributed by atoms with Crippen molar-refractivity contribution in [1.82, 2.24) is 15.6 Å². The number of H-pyrrole nitrogens is 1. The van der Waals surface area contributed by atoms with Gasteiger partial charge in [0.15, 0.2) is 0 Å². The topological polar surface area (TPSA) is 94.2 Å². The number of aromatic amines is 1. The van der Waals surface area contributed by atoms with Gasteiger partial charge in [-0.1, -0.05) is 92.6 Å². The van der Waals surface area contributed by atoms with E-state index < -0.39 is 0 Å². The molecule has 8 heteroatoms. The highest BCUT2D eigenvalue weighted by Crippen LogP contribution is 2.39. The number of aromatic hydroxyl groups is 1. The number of nitrogens with zero attached hydrogens (tertiary/aromatic N) is 3. The minimum atomic E-state index is -0.251. The van der Waals surface area contributed by atoms with Crippen molar-refractivity contribution < 1.29 is 14.5 Å². The van der Waals surface area contributed by atoms with E-state index in [9.17, 15) is 9.90 Å². The van der Waals surface area contributed by atoms with E-state index in [0.717, 1.165) is 33.8 Å². The van der Waals surface area contributed by atoms with E-state index >= 15 is 0 Å². The van der Waals surface area contributed by atoms with E-state index in [4.69, 9.17) is 0 Å². The van der Waals surface area contributed by atoms with Gasteiger partial charge in [0.1, 0.15) is 11.4 Å². The smallest absolute Gasteiger partial charge is 0.342 e. The number of amides is 1. The number of carbonyl (C=O) groups excluding carboxylic acids is 1. The van der Waals surface area contributed by atoms with Gasteiger partial charge in [-0.15, -0.1) is 5.10 Å². The molecule has 1 aromatic heterocycles. The average Bonchev–Trinajstić information content (AvgIpc) is 3.35. The lowest BCUT2D eigenvalue weighted by Gasteiger charge is -2.27. The summed E-state index contributed by atoms with van der Waals surface area (Å²) in [5.74, 6) is 1.04. The summed E-state index contributed by atoms with van der Waals surface area (Å²) in [6.07, 6.45) is 1.63. The van der Waals surface area contributed by atoms with Crippen LogP contribution in [-0.4, -0.2) is 33.2 Å². The van der Waals surface area contributed by atoms with E-state index in [1.54, 1.807) is 6.21 Å². The molecule has 0 aliphatic rings. The molecule has 0 fully saturated rings. The van der Waals surface area contributed by atoms with Gasteiger partial charge in [0.25, 0.3) is 11.7 Å². The Morgan fingerprint density at radius 1 is 0.907 bits per heavy atom. The maximum atomic E-state index is 12.8. The highest BCUT2D eigenvalue weighted by atomic mass is 32.2. The SMILES string of the molecule is CC(C)(C)c1ccc(-c2[nH]nc(SCC(=O)N/N=C/c3cc(C(C)(C)C)c(O)c(C(C)(C)C)c3)[n+]2-c2ccccc2)cc1. The molecule has 3 N–H and O–H groups in total. The quantitative estimate of drug-likeness (QED) is 0.0908. The van der Waals surface area contributed by atoms with Gasteiger partial charge in [-0.3, -0.25) is 4.79 Å². The van der Waals surface area contributed by atoms with Crippen molar-refractivity contribution in [3.05, 3.63) is 89.0 Å². The fourth-order valence-corrected chi connectivity index (χ4v) is 5.51. The van der Waals surface area contributed by atoms with Crippen molar-refractivity contribution in [2.75, 3.05) is 5.75 Å². The molecule has 226 valence electrons. The van der Waals surface area contributed by atoms with Crippen molar-refractivity contribution in [2.24, 2.45) is 5.10 Å². The van der Waals surface area contributed by atoms with Crippen LogP contribution in [0.3, 0.4) is 0 Å². The Morgan fingerprint density at radius 3 is 2.02 bits per heavy atom. The van der Waals surface area contributed by atoms with E-state index in [0.29, 0.717) is 10.9 Å². The molecule has 0 radical (unpaired) electrons. The van der Waals surface area contributed by atoms with Crippen LogP contribution in [0.4, 0.5) is 0 Å². The fourth-order valence-electron chi connectivity index (χ4n) is 4.75. The molecule has 0 saturated heterocycles. The standard InChI is InChI=1S/C35H43N5O2S/c1-33(2,3)25-17-15-24(16-18-25)31-38-39-32(40(31)26-13-11-10-12-14-26)43-22-29(41)37-36-21-23-19-27(34(4,5)6)30(42)28(20-23)35(7,8)9/h10-21H,22H2,1-9H3,(H2,36,37,41,42)/p+1. The summed E-state index contributed by atoms with van der Waals surface area (Å²) in [5.41, 5.74) is 7.92. The highest BCUT2D eigenvalue weighted by molar-refractivity contribution is 7.99. The van der Waals surface area contributed by atoms with Crippen LogP contribution < -0.4 is 9.99 Å². The number of nitrogens with one attached hydrogen (secondary N) is 2. The number of carbonyl (C=O) groups is 1. The lowest BCUT2D eigenvalue weighted by atomic mass is 9.78. The van der Waals surface area contributed by atoms with Gasteiger partial charge in [-0.05, 0) is 75.5 Å². The number of para-hydroxylation sites is 1. The number of hydrogen-bond acceptors (Lipinski definition) is 5. The predicted octanol–water partition coefficient (Wildman–Crippen LogP) is 7.19. The highest BCUT2D eigenvalue weighted by Gasteiger charge is 2.27. The summed E-state index contributed by atoms with van der Waals surface area (Å²) in [5, 5.41) is 23.6. The molecule has 7 nitrogen and oxygen atoms in total. The minimum absolute atomic E-state index is 0.0603. The van der Waals surface area contributed by atoms with Crippen LogP contribution in [-0.2, 0) is 21.0 Å². The van der Waals surface area contributed by atoms with Crippen molar-refractivity contribution in [1.29, 1.82) is 0 Å². The molecule has 4 aromatic rings. The van der Waals surface area contributed by atoms with Crippen LogP contribution in [0.5, 0.6) is 5.75 Å². The zero-order chi connectivity index (χ0) is 31.6. The van der Waals surface area contributed by atoms with Gasteiger partial charge in [0, 0.05) is 11.1 Å². The molecule has 1 amide bonds. The molecule has 4 rings (SSSR count). The monoisotopic (exact) mass is 598 g/mol. The van der Waals surface area contributed by atoms with Gasteiger partial charge in [0.2, 0.25) is 0 Å². The van der Waals surface area contributed by atoms with Crippen LogP contribution in [0.1, 0.15) is 84.6 Å². The third-order valence-electron chi connectivity index (χ3n) is 7.19. The number of rotatable bonds is 7. The molecule has 0 aliphatic heterocycles. The molecule has 0 aliphatic carbocycles. The molecular weight excluding hydrogens is 554 g/mol. The van der Waals surface area contributed by atoms with Crippen molar-refractivity contribution in [3.8, 4) is 22.8 Å². The number of hydrazone groups is 1. The summed E-state index contributed by atoms with van der Waals surface area (Å²) < 4.78 is 2.03. The van der Waals surface area contributed by atoms with E-state index in [1.165, 1.54) is 17.3 Å². The molecule has 0 bridgehead atoms. The van der Waals surface area contributed by atoms with Gasteiger partial charge in [-0.25, -0.2) is 5.43 Å². The van der Waals surface area contributed by atoms with Crippen molar-refractivity contribution in [3.63, 3.8) is 0 Å². The van der Waals surface area contributed by atoms with Gasteiger partial charge in [-0.2, -0.15) is 9.67 Å².